The normalized spacial score (nSPS) is 20.6. The molecule has 1 aromatic heterocycles. The summed E-state index contributed by atoms with van der Waals surface area (Å²) >= 11 is 0. The van der Waals surface area contributed by atoms with Crippen LogP contribution in [0.25, 0.3) is 10.9 Å². The number of hydrogen-bond acceptors (Lipinski definition) is 9. The van der Waals surface area contributed by atoms with Crippen LogP contribution >= 0.6 is 0 Å². The van der Waals surface area contributed by atoms with E-state index in [1.807, 2.05) is 69.3 Å². The second kappa shape index (κ2) is 18.7. The van der Waals surface area contributed by atoms with Crippen LogP contribution in [0.5, 0.6) is 0 Å². The van der Waals surface area contributed by atoms with Crippen molar-refractivity contribution in [2.75, 3.05) is 19.3 Å². The molecule has 15 heteroatoms. The fourth-order valence-corrected chi connectivity index (χ4v) is 7.26. The van der Waals surface area contributed by atoms with Crippen LogP contribution in [-0.4, -0.2) is 101 Å². The smallest absolute Gasteiger partial charge is 0.270 e. The molecular formula is C39H54N6O8S. The van der Waals surface area contributed by atoms with Crippen LogP contribution in [0, 0.1) is 11.8 Å². The van der Waals surface area contributed by atoms with E-state index in [9.17, 15) is 32.7 Å². The Morgan fingerprint density at radius 1 is 0.944 bits per heavy atom. The molecule has 0 unspecified atom stereocenters. The Labute approximate surface area is 317 Å². The Kier molecular flexibility index (Phi) is 14.7. The third-order valence-corrected chi connectivity index (χ3v) is 9.67. The van der Waals surface area contributed by atoms with E-state index in [1.54, 1.807) is 18.2 Å². The Morgan fingerprint density at radius 2 is 1.57 bits per heavy atom. The summed E-state index contributed by atoms with van der Waals surface area (Å²) in [5, 5.41) is 21.4. The lowest BCUT2D eigenvalue weighted by molar-refractivity contribution is -0.133. The lowest BCUT2D eigenvalue weighted by Gasteiger charge is -2.47. The van der Waals surface area contributed by atoms with Gasteiger partial charge in [-0.05, 0) is 69.6 Å². The standard InChI is InChI=1S/C38H50N6O5.CH4O3S/c1-38(2,3)43-37(49)32-20-26-14-7-8-15-27(26)22-44(32)23-33(45)30(19-24-11-5-4-6-12-24)41-36(48)31(21-34(39)46)42-35(47)29-18-17-25-13-9-10-16-28(25)40-29;1-5(2,3)4/h4-6,9-13,16-18,26-27,30-33,45H,7-8,14-15,19-23H2,1-3H3,(H2,39,46)(H,41,48)(H,42,47)(H,43,49);1H3,(H,2,3,4)/t26-,27+,30+,31+,32-,33-;/m1./s1. The van der Waals surface area contributed by atoms with Gasteiger partial charge in [-0.15, -0.1) is 0 Å². The maximum atomic E-state index is 13.8. The van der Waals surface area contributed by atoms with Gasteiger partial charge in [0.05, 0.1) is 36.4 Å². The molecule has 0 bridgehead atoms. The van der Waals surface area contributed by atoms with Crippen LogP contribution in [0.2, 0.25) is 0 Å². The molecule has 5 rings (SSSR count). The molecule has 54 heavy (non-hydrogen) atoms. The molecule has 1 saturated heterocycles. The lowest BCUT2D eigenvalue weighted by atomic mass is 9.72. The number of piperidine rings is 1. The van der Waals surface area contributed by atoms with Crippen molar-refractivity contribution in [1.29, 1.82) is 0 Å². The first-order chi connectivity index (χ1) is 25.4. The molecule has 1 aliphatic heterocycles. The van der Waals surface area contributed by atoms with E-state index in [2.05, 4.69) is 25.8 Å². The Balaban J connectivity index is 0.00000122. The highest BCUT2D eigenvalue weighted by Crippen LogP contribution is 2.39. The zero-order chi connectivity index (χ0) is 39.6. The number of rotatable bonds is 12. The lowest BCUT2D eigenvalue weighted by Crippen LogP contribution is -2.61. The largest absolute Gasteiger partial charge is 0.390 e. The number of hydrogen-bond donors (Lipinski definition) is 6. The molecule has 6 atom stereocenters. The summed E-state index contributed by atoms with van der Waals surface area (Å²) in [6.07, 6.45) is 4.75. The first kappa shape index (κ1) is 42.3. The van der Waals surface area contributed by atoms with Crippen molar-refractivity contribution >= 4 is 44.6 Å². The van der Waals surface area contributed by atoms with Gasteiger partial charge in [0.1, 0.15) is 11.7 Å². The van der Waals surface area contributed by atoms with Crippen molar-refractivity contribution < 1.29 is 37.3 Å². The van der Waals surface area contributed by atoms with Crippen LogP contribution in [0.15, 0.2) is 66.7 Å². The first-order valence-electron chi connectivity index (χ1n) is 18.3. The molecule has 4 amide bonds. The second-order valence-electron chi connectivity index (χ2n) is 15.4. The Morgan fingerprint density at radius 3 is 2.22 bits per heavy atom. The zero-order valence-electron chi connectivity index (χ0n) is 31.4. The monoisotopic (exact) mass is 766 g/mol. The second-order valence-corrected chi connectivity index (χ2v) is 16.9. The number of benzene rings is 2. The number of β-amino-alcohol motifs (C(OH)–C–C–N with tert-alkyl or cyclic N) is 1. The van der Waals surface area contributed by atoms with Gasteiger partial charge in [-0.3, -0.25) is 28.6 Å². The third-order valence-electron chi connectivity index (χ3n) is 9.67. The number of nitrogens with one attached hydrogen (secondary N) is 3. The van der Waals surface area contributed by atoms with E-state index in [0.29, 0.717) is 30.2 Å². The number of pyridine rings is 1. The van der Waals surface area contributed by atoms with Crippen LogP contribution in [-0.2, 0) is 30.9 Å². The van der Waals surface area contributed by atoms with Crippen molar-refractivity contribution in [3.8, 4) is 0 Å². The highest BCUT2D eigenvalue weighted by molar-refractivity contribution is 7.85. The summed E-state index contributed by atoms with van der Waals surface area (Å²) in [5.74, 6) is -1.20. The minimum atomic E-state index is -3.67. The summed E-state index contributed by atoms with van der Waals surface area (Å²) in [4.78, 5) is 59.3. The van der Waals surface area contributed by atoms with Gasteiger partial charge in [-0.1, -0.05) is 73.9 Å². The zero-order valence-corrected chi connectivity index (χ0v) is 32.2. The van der Waals surface area contributed by atoms with Gasteiger partial charge >= 0.3 is 0 Å². The van der Waals surface area contributed by atoms with Gasteiger partial charge in [0, 0.05) is 24.0 Å². The van der Waals surface area contributed by atoms with Crippen molar-refractivity contribution in [1.82, 2.24) is 25.8 Å². The number of amides is 4. The number of fused-ring (bicyclic) bond motifs is 2. The molecule has 3 aromatic rings. The average Bonchev–Trinajstić information content (AvgIpc) is 3.09. The van der Waals surface area contributed by atoms with Crippen LogP contribution in [0.1, 0.15) is 75.3 Å². The topological polar surface area (TPSA) is 221 Å². The van der Waals surface area contributed by atoms with Gasteiger partial charge in [-0.2, -0.15) is 8.42 Å². The molecule has 2 aliphatic rings. The van der Waals surface area contributed by atoms with E-state index in [4.69, 9.17) is 10.3 Å². The van der Waals surface area contributed by atoms with E-state index in [0.717, 1.165) is 36.6 Å². The van der Waals surface area contributed by atoms with Crippen molar-refractivity contribution in [3.05, 3.63) is 78.0 Å². The molecule has 7 N–H and O–H groups in total. The first-order valence-corrected chi connectivity index (χ1v) is 20.2. The van der Waals surface area contributed by atoms with Crippen molar-refractivity contribution in [3.63, 3.8) is 0 Å². The quantitative estimate of drug-likeness (QED) is 0.148. The molecular weight excluding hydrogens is 713 g/mol. The molecule has 2 aromatic carbocycles. The molecule has 1 saturated carbocycles. The van der Waals surface area contributed by atoms with Gasteiger partial charge in [0.25, 0.3) is 16.0 Å². The number of aromatic nitrogens is 1. The number of likely N-dealkylation sites (tertiary alicyclic amines) is 1. The fraction of sp³-hybridized carbons (Fsp3) is 0.513. The Hall–Kier alpha value is -4.44. The fourth-order valence-electron chi connectivity index (χ4n) is 7.26. The van der Waals surface area contributed by atoms with Gasteiger partial charge in [-0.25, -0.2) is 4.98 Å². The number of aliphatic hydroxyl groups is 1. The van der Waals surface area contributed by atoms with E-state index >= 15 is 0 Å². The minimum absolute atomic E-state index is 0.0566. The maximum Gasteiger partial charge on any atom is 0.270 e. The summed E-state index contributed by atoms with van der Waals surface area (Å²) < 4.78 is 25.9. The number of carbonyl (C=O) groups excluding carboxylic acids is 4. The van der Waals surface area contributed by atoms with Gasteiger partial charge in [0.2, 0.25) is 17.7 Å². The summed E-state index contributed by atoms with van der Waals surface area (Å²) in [6, 6.07) is 17.6. The number of para-hydroxylation sites is 1. The molecule has 14 nitrogen and oxygen atoms in total. The molecule has 0 spiro atoms. The van der Waals surface area contributed by atoms with Crippen molar-refractivity contribution in [2.45, 2.75) is 95.5 Å². The van der Waals surface area contributed by atoms with E-state index in [1.165, 1.54) is 6.42 Å². The van der Waals surface area contributed by atoms with Gasteiger partial charge in [0.15, 0.2) is 0 Å². The molecule has 2 heterocycles. The van der Waals surface area contributed by atoms with Crippen LogP contribution in [0.4, 0.5) is 0 Å². The number of carbonyl (C=O) groups is 4. The molecule has 2 fully saturated rings. The molecule has 0 radical (unpaired) electrons. The van der Waals surface area contributed by atoms with E-state index in [-0.39, 0.29) is 24.6 Å². The minimum Gasteiger partial charge on any atom is -0.390 e. The number of nitrogens with zero attached hydrogens (tertiary/aromatic N) is 2. The predicted molar refractivity (Wildman–Crippen MR) is 206 cm³/mol. The third kappa shape index (κ3) is 13.4. The van der Waals surface area contributed by atoms with E-state index < -0.39 is 64.0 Å². The SMILES string of the molecule is CC(C)(C)NC(=O)[C@H]1C[C@H]2CCCC[C@H]2CN1C[C@@H](O)[C@H](Cc1ccccc1)NC(=O)[C@H](CC(N)=O)NC(=O)c1ccc2ccccc2n1.CS(=O)(=O)O. The molecule has 294 valence electrons. The van der Waals surface area contributed by atoms with Crippen molar-refractivity contribution in [2.24, 2.45) is 17.6 Å². The highest BCUT2D eigenvalue weighted by Gasteiger charge is 2.42. The number of primary amides is 1. The summed E-state index contributed by atoms with van der Waals surface area (Å²) in [5.41, 5.74) is 6.70. The molecule has 1 aliphatic carbocycles. The van der Waals surface area contributed by atoms with Crippen LogP contribution in [0.3, 0.4) is 0 Å². The number of nitrogens with two attached hydrogens (primary N) is 1. The summed E-state index contributed by atoms with van der Waals surface area (Å²) in [7, 11) is -3.67. The predicted octanol–water partition coefficient (Wildman–Crippen LogP) is 2.60. The van der Waals surface area contributed by atoms with Gasteiger partial charge < -0.3 is 26.8 Å². The number of aliphatic hydroxyl groups excluding tert-OH is 1. The average molecular weight is 767 g/mol. The Bertz CT molecular complexity index is 1860. The highest BCUT2D eigenvalue weighted by atomic mass is 32.2. The maximum absolute atomic E-state index is 13.8. The summed E-state index contributed by atoms with van der Waals surface area (Å²) in [6.45, 7) is 6.73. The van der Waals surface area contributed by atoms with Crippen LogP contribution < -0.4 is 21.7 Å².